The monoisotopic (exact) mass is 1380 g/mol. The normalized spacial score (nSPS) is 18.1. The molecule has 8 aliphatic rings. The Labute approximate surface area is 604 Å². The van der Waals surface area contributed by atoms with Crippen molar-refractivity contribution in [2.75, 3.05) is 19.6 Å². The fourth-order valence-electron chi connectivity index (χ4n) is 19.7. The Kier molecular flexibility index (Phi) is 12.4. The molecule has 0 N–H and O–H groups in total. The van der Waals surface area contributed by atoms with Gasteiger partial charge in [-0.3, -0.25) is 0 Å². The number of hydrogen-bond acceptors (Lipinski definition) is 8. The second kappa shape index (κ2) is 20.7. The molecule has 6 nitrogen and oxygen atoms in total. The van der Waals surface area contributed by atoms with Gasteiger partial charge in [0.15, 0.2) is 0 Å². The van der Waals surface area contributed by atoms with Crippen molar-refractivity contribution in [1.29, 1.82) is 0 Å². The molecule has 492 valence electrons. The number of hydrogen-bond donors (Lipinski definition) is 0. The zero-order chi connectivity index (χ0) is 68.3. The smallest absolute Gasteiger partial charge is 0.268 e. The molecular formula is C89H78B2N4O2S2Si2. The number of nitrogens with zero attached hydrogens (tertiary/aromatic N) is 4. The molecule has 101 heavy (non-hydrogen) atoms. The molecule has 2 aliphatic carbocycles. The molecule has 2 aromatic heterocycles. The molecule has 0 fully saturated rings. The predicted molar refractivity (Wildman–Crippen MR) is 438 cm³/mol. The zero-order valence-electron chi connectivity index (χ0n) is 59.3. The van der Waals surface area contributed by atoms with Crippen molar-refractivity contribution in [2.24, 2.45) is 0 Å². The van der Waals surface area contributed by atoms with E-state index in [-0.39, 0.29) is 35.1 Å². The Morgan fingerprint density at radius 1 is 0.366 bits per heavy atom. The summed E-state index contributed by atoms with van der Waals surface area (Å²) in [5, 5.41) is 8.28. The van der Waals surface area contributed by atoms with E-state index in [1.54, 1.807) is 0 Å². The van der Waals surface area contributed by atoms with E-state index in [2.05, 4.69) is 313 Å². The summed E-state index contributed by atoms with van der Waals surface area (Å²) in [6.07, 6.45) is 4.57. The highest BCUT2D eigenvalue weighted by molar-refractivity contribution is 7.34. The molecule has 8 heterocycles. The van der Waals surface area contributed by atoms with Crippen molar-refractivity contribution in [3.05, 3.63) is 241 Å². The van der Waals surface area contributed by atoms with Gasteiger partial charge in [0.05, 0.1) is 22.7 Å². The van der Waals surface area contributed by atoms with Crippen molar-refractivity contribution in [3.8, 4) is 23.0 Å². The fourth-order valence-corrected chi connectivity index (χ4v) is 27.8. The zero-order valence-corrected chi connectivity index (χ0v) is 63.1. The summed E-state index contributed by atoms with van der Waals surface area (Å²) in [7, 11) is -3.70. The minimum Gasteiger partial charge on any atom is -0.458 e. The Hall–Kier alpha value is -9.30. The van der Waals surface area contributed by atoms with Crippen LogP contribution in [0.2, 0.25) is 19.6 Å². The molecule has 21 rings (SSSR count). The summed E-state index contributed by atoms with van der Waals surface area (Å²) in [6, 6.07) is 84.8. The van der Waals surface area contributed by atoms with E-state index in [1.807, 2.05) is 22.7 Å². The van der Waals surface area contributed by atoms with Crippen LogP contribution in [0.5, 0.6) is 23.0 Å². The van der Waals surface area contributed by atoms with Crippen LogP contribution in [0.25, 0.3) is 20.2 Å². The van der Waals surface area contributed by atoms with Gasteiger partial charge in [0.2, 0.25) is 0 Å². The van der Waals surface area contributed by atoms with Gasteiger partial charge < -0.3 is 29.1 Å². The molecule has 0 spiro atoms. The van der Waals surface area contributed by atoms with Crippen molar-refractivity contribution in [3.63, 3.8) is 0 Å². The Morgan fingerprint density at radius 2 is 0.752 bits per heavy atom. The molecule has 6 aliphatic heterocycles. The van der Waals surface area contributed by atoms with Gasteiger partial charge in [-0.1, -0.05) is 202 Å². The second-order valence-corrected chi connectivity index (χ2v) is 42.4. The van der Waals surface area contributed by atoms with E-state index in [4.69, 9.17) is 9.47 Å². The highest BCUT2D eigenvalue weighted by Crippen LogP contribution is 2.56. The van der Waals surface area contributed by atoms with Gasteiger partial charge in [-0.15, -0.1) is 22.7 Å². The first-order valence-electron chi connectivity index (χ1n) is 36.5. The summed E-state index contributed by atoms with van der Waals surface area (Å²) >= 11 is 3.90. The van der Waals surface area contributed by atoms with Gasteiger partial charge in [-0.25, -0.2) is 0 Å². The van der Waals surface area contributed by atoms with Crippen LogP contribution in [0.3, 0.4) is 0 Å². The summed E-state index contributed by atoms with van der Waals surface area (Å²) in [4.78, 5) is 10.4. The van der Waals surface area contributed by atoms with Crippen molar-refractivity contribution >= 4 is 194 Å². The van der Waals surface area contributed by atoms with E-state index < -0.39 is 16.9 Å². The number of fused-ring (bicyclic) bond motifs is 18. The van der Waals surface area contributed by atoms with Gasteiger partial charge in [0.25, 0.3) is 13.4 Å². The first kappa shape index (κ1) is 60.5. The van der Waals surface area contributed by atoms with Gasteiger partial charge >= 0.3 is 0 Å². The SMILES string of the molecule is C[SiH]1c2ccccc2N(c2cc3c4c(c2)N(c2ccc5c(c2)C(C)(C)CCC5(C)C)c2c(sc5ccccc25)B4c2cc4c(cc2O3)Oc2cc(N3c5ccccc5[Si](C)(C)c5ccccc53)cc3c2B4c2sc4ccccc4c2N3c2ccc3c(c2)C(C)(C)CCC3(C)C)c2ccccc21. The van der Waals surface area contributed by atoms with Crippen LogP contribution in [-0.2, 0) is 21.7 Å². The second-order valence-electron chi connectivity index (χ2n) is 33.2. The maximum Gasteiger partial charge on any atom is 0.268 e. The van der Waals surface area contributed by atoms with Gasteiger partial charge in [-0.05, 0) is 185 Å². The van der Waals surface area contributed by atoms with Crippen LogP contribution in [-0.4, -0.2) is 30.3 Å². The molecule has 0 unspecified atom stereocenters. The number of benzene rings is 11. The van der Waals surface area contributed by atoms with Crippen LogP contribution in [0.4, 0.5) is 68.2 Å². The molecule has 0 saturated heterocycles. The van der Waals surface area contributed by atoms with Gasteiger partial charge in [-0.2, -0.15) is 0 Å². The van der Waals surface area contributed by atoms with Gasteiger partial charge in [0, 0.05) is 93.4 Å². The minimum atomic E-state index is -2.14. The number of anilines is 12. The van der Waals surface area contributed by atoms with Crippen molar-refractivity contribution in [1.82, 2.24) is 0 Å². The predicted octanol–water partition coefficient (Wildman–Crippen LogP) is 18.0. The molecule has 12 heteroatoms. The van der Waals surface area contributed by atoms with E-state index in [1.165, 1.54) is 140 Å². The average Bonchev–Trinajstić information content (AvgIpc) is 1.67. The number of thiophene rings is 2. The lowest BCUT2D eigenvalue weighted by molar-refractivity contribution is 0.332. The Bertz CT molecular complexity index is 5750. The lowest BCUT2D eigenvalue weighted by Gasteiger charge is -2.45. The average molecular weight is 1380 g/mol. The lowest BCUT2D eigenvalue weighted by Crippen LogP contribution is -2.62. The van der Waals surface area contributed by atoms with Crippen LogP contribution >= 0.6 is 22.7 Å². The van der Waals surface area contributed by atoms with Crippen molar-refractivity contribution in [2.45, 2.75) is 122 Å². The van der Waals surface area contributed by atoms with Crippen LogP contribution in [0, 0.1) is 0 Å². The number of rotatable bonds is 4. The van der Waals surface area contributed by atoms with Crippen LogP contribution < -0.4 is 81.2 Å². The first-order chi connectivity index (χ1) is 48.7. The fraction of sp³-hybridized carbons (Fsp3) is 0.213. The third-order valence-electron chi connectivity index (χ3n) is 25.3. The number of ether oxygens (including phenoxy) is 2. The third kappa shape index (κ3) is 8.33. The highest BCUT2D eigenvalue weighted by Gasteiger charge is 2.51. The molecule has 11 aromatic carbocycles. The summed E-state index contributed by atoms with van der Waals surface area (Å²) < 4.78 is 21.0. The third-order valence-corrected chi connectivity index (χ3v) is 34.1. The summed E-state index contributed by atoms with van der Waals surface area (Å²) in [5.41, 5.74) is 25.0. The molecule has 0 radical (unpaired) electrons. The molecule has 13 aromatic rings. The van der Waals surface area contributed by atoms with Crippen molar-refractivity contribution < 1.29 is 9.47 Å². The van der Waals surface area contributed by atoms with Crippen LogP contribution in [0.1, 0.15) is 103 Å². The van der Waals surface area contributed by atoms with E-state index in [0.717, 1.165) is 71.4 Å². The minimum absolute atomic E-state index is 0.00679. The Balaban J connectivity index is 0.830. The Morgan fingerprint density at radius 3 is 1.21 bits per heavy atom. The number of para-hydroxylation sites is 4. The lowest BCUT2D eigenvalue weighted by atomic mass is 9.33. The van der Waals surface area contributed by atoms with Crippen LogP contribution in [0.15, 0.2) is 218 Å². The maximum absolute atomic E-state index is 7.90. The summed E-state index contributed by atoms with van der Waals surface area (Å²) in [6.45, 7) is 26.8. The quantitative estimate of drug-likeness (QED) is 0.163. The molecule has 0 atom stereocenters. The molecular weight excluding hydrogens is 1300 g/mol. The van der Waals surface area contributed by atoms with Gasteiger partial charge in [0.1, 0.15) is 39.9 Å². The van der Waals surface area contributed by atoms with E-state index in [0.29, 0.717) is 0 Å². The maximum atomic E-state index is 7.90. The molecule has 0 amide bonds. The first-order valence-corrected chi connectivity index (χ1v) is 43.5. The highest BCUT2D eigenvalue weighted by atomic mass is 32.1. The standard InChI is InChI=1S/C89H78B2N4O2S2Si2/c1-86(2)40-42-88(5,6)60-44-52(36-38-58(60)86)94-68-46-54(92-64-26-14-20-32-76(64)100(9)77-33-21-15-27-65(77)92)48-72-80(68)90(84-82(94)56-24-12-18-30-74(56)98-84)62-50-63-71(51-70(62)96-72)97-73-49-55(93-66-28-16-22-34-78(66)101(10,11)79-35-23-17-29-67(79)93)47-69-81(73)91(63)85-83(57-25-13-19-31-75(57)99-85)95(69)53-37-39-59-61(45-53)89(7,8)43-41-87(59,3)4/h12-39,44-51,100H,40-43H2,1-11H3. The largest absolute Gasteiger partial charge is 0.458 e. The molecule has 0 saturated carbocycles. The molecule has 0 bridgehead atoms. The van der Waals surface area contributed by atoms with E-state index >= 15 is 0 Å². The summed E-state index contributed by atoms with van der Waals surface area (Å²) in [5.74, 6) is 3.41. The van der Waals surface area contributed by atoms with E-state index in [9.17, 15) is 0 Å². The topological polar surface area (TPSA) is 31.4 Å².